The van der Waals surface area contributed by atoms with Crippen LogP contribution in [0.4, 0.5) is 11.4 Å². The van der Waals surface area contributed by atoms with Crippen LogP contribution >= 0.6 is 0 Å². The van der Waals surface area contributed by atoms with E-state index in [1.165, 1.54) is 5.39 Å². The van der Waals surface area contributed by atoms with Crippen LogP contribution in [0, 0.1) is 0 Å². The van der Waals surface area contributed by atoms with Crippen molar-refractivity contribution < 1.29 is 4.79 Å². The van der Waals surface area contributed by atoms with E-state index in [9.17, 15) is 4.79 Å². The topological polar surface area (TPSA) is 54.0 Å². The summed E-state index contributed by atoms with van der Waals surface area (Å²) in [4.78, 5) is 15.7. The van der Waals surface area contributed by atoms with Crippen LogP contribution in [0.15, 0.2) is 54.9 Å². The number of anilines is 2. The average Bonchev–Trinajstić information content (AvgIpc) is 2.54. The number of hydrogen-bond donors (Lipinski definition) is 2. The molecule has 0 bridgehead atoms. The summed E-state index contributed by atoms with van der Waals surface area (Å²) < 4.78 is 0. The van der Waals surface area contributed by atoms with Crippen molar-refractivity contribution in [2.45, 2.75) is 0 Å². The molecule has 4 rings (SSSR count). The first-order valence-corrected chi connectivity index (χ1v) is 6.82. The molecule has 4 nitrogen and oxygen atoms in total. The van der Waals surface area contributed by atoms with Crippen molar-refractivity contribution in [2.75, 3.05) is 17.2 Å². The van der Waals surface area contributed by atoms with E-state index in [1.54, 1.807) is 0 Å². The Labute approximate surface area is 121 Å². The van der Waals surface area contributed by atoms with Gasteiger partial charge in [0.1, 0.15) is 0 Å². The third-order valence-corrected chi connectivity index (χ3v) is 3.71. The second kappa shape index (κ2) is 4.59. The third kappa shape index (κ3) is 2.01. The van der Waals surface area contributed by atoms with Gasteiger partial charge in [0.15, 0.2) is 0 Å². The number of hydrogen-bond acceptors (Lipinski definition) is 3. The van der Waals surface area contributed by atoms with Gasteiger partial charge in [-0.05, 0) is 23.1 Å². The van der Waals surface area contributed by atoms with Gasteiger partial charge in [-0.15, -0.1) is 0 Å². The first-order chi connectivity index (χ1) is 10.3. The van der Waals surface area contributed by atoms with E-state index in [1.807, 2.05) is 36.7 Å². The summed E-state index contributed by atoms with van der Waals surface area (Å²) in [5.41, 5.74) is 3.94. The largest absolute Gasteiger partial charge is 0.374 e. The maximum atomic E-state index is 11.4. The first-order valence-electron chi connectivity index (χ1n) is 6.82. The molecule has 0 unspecified atom stereocenters. The van der Waals surface area contributed by atoms with E-state index in [-0.39, 0.29) is 5.91 Å². The minimum absolute atomic E-state index is 0.0120. The van der Waals surface area contributed by atoms with E-state index in [4.69, 9.17) is 0 Å². The number of benzene rings is 2. The summed E-state index contributed by atoms with van der Waals surface area (Å²) in [6.07, 6.45) is 3.75. The first kappa shape index (κ1) is 11.9. The Morgan fingerprint density at radius 2 is 1.90 bits per heavy atom. The zero-order valence-electron chi connectivity index (χ0n) is 11.3. The van der Waals surface area contributed by atoms with Crippen LogP contribution in [0.1, 0.15) is 0 Å². The van der Waals surface area contributed by atoms with Crippen molar-refractivity contribution in [1.29, 1.82) is 0 Å². The zero-order chi connectivity index (χ0) is 14.2. The summed E-state index contributed by atoms with van der Waals surface area (Å²) in [6.45, 7) is 0.310. The summed E-state index contributed by atoms with van der Waals surface area (Å²) >= 11 is 0. The highest BCUT2D eigenvalue weighted by Crippen LogP contribution is 2.33. The van der Waals surface area contributed by atoms with Crippen LogP contribution in [-0.4, -0.2) is 17.4 Å². The SMILES string of the molecule is O=C1CNc2cc(-c3cncc4ccccc34)ccc2N1. The molecule has 2 heterocycles. The maximum Gasteiger partial charge on any atom is 0.243 e. The van der Waals surface area contributed by atoms with Gasteiger partial charge in [0.2, 0.25) is 5.91 Å². The number of carbonyl (C=O) groups excluding carboxylic acids is 1. The summed E-state index contributed by atoms with van der Waals surface area (Å²) in [5.74, 6) is -0.0120. The zero-order valence-corrected chi connectivity index (χ0v) is 11.3. The molecular weight excluding hydrogens is 262 g/mol. The van der Waals surface area contributed by atoms with Crippen molar-refractivity contribution in [3.63, 3.8) is 0 Å². The van der Waals surface area contributed by atoms with Crippen LogP contribution < -0.4 is 10.6 Å². The fourth-order valence-corrected chi connectivity index (χ4v) is 2.68. The number of nitrogens with one attached hydrogen (secondary N) is 2. The molecule has 0 saturated carbocycles. The van der Waals surface area contributed by atoms with Crippen molar-refractivity contribution >= 4 is 28.1 Å². The van der Waals surface area contributed by atoms with Crippen molar-refractivity contribution in [3.05, 3.63) is 54.9 Å². The maximum absolute atomic E-state index is 11.4. The molecule has 2 aromatic carbocycles. The molecule has 1 amide bonds. The molecule has 3 aromatic rings. The van der Waals surface area contributed by atoms with Gasteiger partial charge in [-0.25, -0.2) is 0 Å². The predicted octanol–water partition coefficient (Wildman–Crippen LogP) is 3.27. The molecule has 4 heteroatoms. The highest BCUT2D eigenvalue weighted by molar-refractivity contribution is 6.02. The van der Waals surface area contributed by atoms with Gasteiger partial charge >= 0.3 is 0 Å². The molecule has 0 fully saturated rings. The smallest absolute Gasteiger partial charge is 0.243 e. The third-order valence-electron chi connectivity index (χ3n) is 3.71. The molecular formula is C17H13N3O. The molecule has 0 radical (unpaired) electrons. The van der Waals surface area contributed by atoms with Crippen LogP contribution in [0.5, 0.6) is 0 Å². The molecule has 1 aliphatic heterocycles. The lowest BCUT2D eigenvalue weighted by molar-refractivity contribution is -0.114. The van der Waals surface area contributed by atoms with Crippen molar-refractivity contribution in [1.82, 2.24) is 4.98 Å². The lowest BCUT2D eigenvalue weighted by atomic mass is 10.00. The Kier molecular flexibility index (Phi) is 2.60. The molecule has 21 heavy (non-hydrogen) atoms. The van der Waals surface area contributed by atoms with Crippen LogP contribution in [0.2, 0.25) is 0 Å². The van der Waals surface area contributed by atoms with Gasteiger partial charge in [0.25, 0.3) is 0 Å². The highest BCUT2D eigenvalue weighted by atomic mass is 16.2. The molecule has 2 N–H and O–H groups in total. The van der Waals surface area contributed by atoms with E-state index >= 15 is 0 Å². The van der Waals surface area contributed by atoms with E-state index < -0.39 is 0 Å². The number of amides is 1. The Morgan fingerprint density at radius 1 is 1.00 bits per heavy atom. The van der Waals surface area contributed by atoms with Crippen LogP contribution in [0.25, 0.3) is 21.9 Å². The molecule has 0 saturated heterocycles. The Morgan fingerprint density at radius 3 is 2.86 bits per heavy atom. The lowest BCUT2D eigenvalue weighted by Gasteiger charge is -2.19. The lowest BCUT2D eigenvalue weighted by Crippen LogP contribution is -2.27. The normalized spacial score (nSPS) is 13.4. The van der Waals surface area contributed by atoms with E-state index in [2.05, 4.69) is 33.8 Å². The average molecular weight is 275 g/mol. The molecule has 1 aromatic heterocycles. The van der Waals surface area contributed by atoms with Crippen molar-refractivity contribution in [3.8, 4) is 11.1 Å². The van der Waals surface area contributed by atoms with Gasteiger partial charge in [0.05, 0.1) is 17.9 Å². The van der Waals surface area contributed by atoms with Crippen molar-refractivity contribution in [2.24, 2.45) is 0 Å². The summed E-state index contributed by atoms with van der Waals surface area (Å²) in [5, 5.41) is 8.29. The van der Waals surface area contributed by atoms with Crippen LogP contribution in [0.3, 0.4) is 0 Å². The minimum Gasteiger partial charge on any atom is -0.374 e. The van der Waals surface area contributed by atoms with Gasteiger partial charge < -0.3 is 10.6 Å². The highest BCUT2D eigenvalue weighted by Gasteiger charge is 2.15. The number of aromatic nitrogens is 1. The predicted molar refractivity (Wildman–Crippen MR) is 84.3 cm³/mol. The Balaban J connectivity index is 1.88. The van der Waals surface area contributed by atoms with E-state index in [0.717, 1.165) is 27.9 Å². The number of carbonyl (C=O) groups is 1. The quantitative estimate of drug-likeness (QED) is 0.716. The molecule has 102 valence electrons. The molecule has 0 atom stereocenters. The molecule has 0 spiro atoms. The molecule has 1 aliphatic rings. The van der Waals surface area contributed by atoms with E-state index in [0.29, 0.717) is 6.54 Å². The number of pyridine rings is 1. The second-order valence-corrected chi connectivity index (χ2v) is 5.07. The summed E-state index contributed by atoms with van der Waals surface area (Å²) in [6, 6.07) is 14.2. The number of fused-ring (bicyclic) bond motifs is 2. The van der Waals surface area contributed by atoms with Gasteiger partial charge in [-0.1, -0.05) is 30.3 Å². The fourth-order valence-electron chi connectivity index (χ4n) is 2.68. The standard InChI is InChI=1S/C17H13N3O/c21-17-10-19-16-7-11(5-6-15(16)20-17)14-9-18-8-12-3-1-2-4-13(12)14/h1-9,19H,10H2,(H,20,21). The van der Waals surface area contributed by atoms with Gasteiger partial charge in [0, 0.05) is 23.3 Å². The van der Waals surface area contributed by atoms with Gasteiger partial charge in [-0.3, -0.25) is 9.78 Å². The monoisotopic (exact) mass is 275 g/mol. The molecule has 0 aliphatic carbocycles. The Bertz CT molecular complexity index is 852. The number of nitrogens with zero attached hydrogens (tertiary/aromatic N) is 1. The second-order valence-electron chi connectivity index (χ2n) is 5.07. The Hall–Kier alpha value is -2.88. The van der Waals surface area contributed by atoms with Crippen LogP contribution in [-0.2, 0) is 4.79 Å². The number of rotatable bonds is 1. The fraction of sp³-hybridized carbons (Fsp3) is 0.0588. The van der Waals surface area contributed by atoms with Gasteiger partial charge in [-0.2, -0.15) is 0 Å². The summed E-state index contributed by atoms with van der Waals surface area (Å²) in [7, 11) is 0. The minimum atomic E-state index is -0.0120.